The zero-order valence-electron chi connectivity index (χ0n) is 7.80. The number of carboxylic acids is 1. The highest BCUT2D eigenvalue weighted by Gasteiger charge is 2.23. The highest BCUT2D eigenvalue weighted by molar-refractivity contribution is 8.13. The van der Waals surface area contributed by atoms with Gasteiger partial charge in [-0.1, -0.05) is 11.8 Å². The molecule has 0 aromatic carbocycles. The lowest BCUT2D eigenvalue weighted by molar-refractivity contribution is 0.0700. The Morgan fingerprint density at radius 3 is 3.00 bits per heavy atom. The van der Waals surface area contributed by atoms with Crippen LogP contribution in [0.2, 0.25) is 0 Å². The van der Waals surface area contributed by atoms with Gasteiger partial charge < -0.3 is 10.0 Å². The van der Waals surface area contributed by atoms with Gasteiger partial charge in [-0.3, -0.25) is 4.79 Å². The first-order valence-electron chi connectivity index (χ1n) is 4.40. The Hall–Kier alpha value is -1.01. The topological polar surface area (TPSA) is 57.6 Å². The number of amides is 1. The van der Waals surface area contributed by atoms with Crippen molar-refractivity contribution in [1.29, 1.82) is 0 Å². The molecule has 80 valence electrons. The Kier molecular flexibility index (Phi) is 2.97. The summed E-state index contributed by atoms with van der Waals surface area (Å²) in [6.45, 7) is 1.12. The summed E-state index contributed by atoms with van der Waals surface area (Å²) in [7, 11) is 0. The molecule has 0 saturated carbocycles. The van der Waals surface area contributed by atoms with Crippen molar-refractivity contribution in [1.82, 2.24) is 4.90 Å². The molecule has 1 saturated heterocycles. The largest absolute Gasteiger partial charge is 0.477 e. The molecule has 1 aromatic rings. The summed E-state index contributed by atoms with van der Waals surface area (Å²) < 4.78 is 0. The molecule has 2 rings (SSSR count). The molecule has 1 aromatic heterocycles. The van der Waals surface area contributed by atoms with Crippen LogP contribution in [0.3, 0.4) is 0 Å². The number of thiophene rings is 1. The minimum Gasteiger partial charge on any atom is -0.477 e. The van der Waals surface area contributed by atoms with E-state index in [1.165, 1.54) is 23.1 Å². The van der Waals surface area contributed by atoms with Gasteiger partial charge in [-0.2, -0.15) is 0 Å². The predicted octanol–water partition coefficient (Wildman–Crippen LogP) is 2.12. The number of hydrogen-bond acceptors (Lipinski definition) is 4. The van der Waals surface area contributed by atoms with Gasteiger partial charge in [-0.25, -0.2) is 4.79 Å². The number of carbonyl (C=O) groups is 2. The summed E-state index contributed by atoms with van der Waals surface area (Å²) in [5, 5.41) is 10.7. The van der Waals surface area contributed by atoms with E-state index in [2.05, 4.69) is 0 Å². The minimum atomic E-state index is -0.917. The van der Waals surface area contributed by atoms with Crippen molar-refractivity contribution in [3.8, 4) is 0 Å². The van der Waals surface area contributed by atoms with Crippen LogP contribution in [0.4, 0.5) is 4.79 Å². The van der Waals surface area contributed by atoms with E-state index in [0.29, 0.717) is 18.0 Å². The molecule has 6 heteroatoms. The Balaban J connectivity index is 2.13. The van der Waals surface area contributed by atoms with Gasteiger partial charge >= 0.3 is 5.97 Å². The lowest BCUT2D eigenvalue weighted by atomic mass is 10.2. The lowest BCUT2D eigenvalue weighted by Gasteiger charge is -2.13. The molecule has 1 amide bonds. The molecule has 1 aliphatic heterocycles. The van der Waals surface area contributed by atoms with Crippen LogP contribution in [0.15, 0.2) is 11.4 Å². The van der Waals surface area contributed by atoms with Crippen LogP contribution in [0.25, 0.3) is 0 Å². The maximum atomic E-state index is 11.3. The molecular formula is C9H9NO3S2. The van der Waals surface area contributed by atoms with Gasteiger partial charge in [0, 0.05) is 18.8 Å². The SMILES string of the molecule is O=C(O)c1sccc1CN1CCSC1=O. The molecule has 15 heavy (non-hydrogen) atoms. The molecule has 0 atom stereocenters. The molecular weight excluding hydrogens is 234 g/mol. The summed E-state index contributed by atoms with van der Waals surface area (Å²) in [6.07, 6.45) is 0. The average Bonchev–Trinajstić information content (AvgIpc) is 2.77. The molecule has 0 aliphatic carbocycles. The van der Waals surface area contributed by atoms with Gasteiger partial charge in [0.2, 0.25) is 0 Å². The first-order valence-corrected chi connectivity index (χ1v) is 6.26. The van der Waals surface area contributed by atoms with Gasteiger partial charge in [-0.15, -0.1) is 11.3 Å². The monoisotopic (exact) mass is 243 g/mol. The third-order valence-corrected chi connectivity index (χ3v) is 3.98. The number of carboxylic acid groups (broad SMARTS) is 1. The third kappa shape index (κ3) is 2.15. The average molecular weight is 243 g/mol. The quantitative estimate of drug-likeness (QED) is 0.883. The molecule has 1 fully saturated rings. The molecule has 1 aliphatic rings. The van der Waals surface area contributed by atoms with Gasteiger partial charge in [-0.05, 0) is 17.0 Å². The molecule has 0 spiro atoms. The summed E-state index contributed by atoms with van der Waals surface area (Å²) >= 11 is 2.48. The Bertz CT molecular complexity index is 402. The fraction of sp³-hybridized carbons (Fsp3) is 0.333. The fourth-order valence-corrected chi connectivity index (χ4v) is 3.00. The molecule has 0 radical (unpaired) electrons. The van der Waals surface area contributed by atoms with Crippen molar-refractivity contribution >= 4 is 34.3 Å². The number of nitrogens with zero attached hydrogens (tertiary/aromatic N) is 1. The van der Waals surface area contributed by atoms with Crippen molar-refractivity contribution < 1.29 is 14.7 Å². The molecule has 0 bridgehead atoms. The van der Waals surface area contributed by atoms with E-state index in [1.54, 1.807) is 16.3 Å². The number of carbonyl (C=O) groups excluding carboxylic acids is 1. The second-order valence-corrected chi connectivity index (χ2v) is 5.08. The minimum absolute atomic E-state index is 0.0394. The number of rotatable bonds is 3. The van der Waals surface area contributed by atoms with Crippen LogP contribution < -0.4 is 0 Å². The summed E-state index contributed by atoms with van der Waals surface area (Å²) in [4.78, 5) is 24.2. The summed E-state index contributed by atoms with van der Waals surface area (Å²) in [5.74, 6) is -0.120. The van der Waals surface area contributed by atoms with Gasteiger partial charge in [0.05, 0.1) is 0 Å². The third-order valence-electron chi connectivity index (χ3n) is 2.15. The highest BCUT2D eigenvalue weighted by atomic mass is 32.2. The second-order valence-electron chi connectivity index (χ2n) is 3.12. The normalized spacial score (nSPS) is 16.0. The maximum Gasteiger partial charge on any atom is 0.346 e. The number of aromatic carboxylic acids is 1. The lowest BCUT2D eigenvalue weighted by Crippen LogP contribution is -2.23. The Morgan fingerprint density at radius 1 is 1.60 bits per heavy atom. The maximum absolute atomic E-state index is 11.3. The van der Waals surface area contributed by atoms with E-state index in [1.807, 2.05) is 0 Å². The Labute approximate surface area is 94.9 Å². The van der Waals surface area contributed by atoms with Crippen LogP contribution in [0.1, 0.15) is 15.2 Å². The summed E-state index contributed by atoms with van der Waals surface area (Å²) in [6, 6.07) is 1.77. The van der Waals surface area contributed by atoms with Crippen molar-refractivity contribution in [2.75, 3.05) is 12.3 Å². The number of hydrogen-bond donors (Lipinski definition) is 1. The smallest absolute Gasteiger partial charge is 0.346 e. The van der Waals surface area contributed by atoms with Crippen LogP contribution in [-0.2, 0) is 6.54 Å². The van der Waals surface area contributed by atoms with E-state index in [9.17, 15) is 9.59 Å². The van der Waals surface area contributed by atoms with E-state index >= 15 is 0 Å². The van der Waals surface area contributed by atoms with Crippen molar-refractivity contribution in [3.05, 3.63) is 21.9 Å². The second kappa shape index (κ2) is 4.24. The summed E-state index contributed by atoms with van der Waals surface area (Å²) in [5.41, 5.74) is 0.725. The van der Waals surface area contributed by atoms with Gasteiger partial charge in [0.1, 0.15) is 4.88 Å². The van der Waals surface area contributed by atoms with Crippen LogP contribution in [0.5, 0.6) is 0 Å². The van der Waals surface area contributed by atoms with Crippen LogP contribution in [-0.4, -0.2) is 33.5 Å². The zero-order valence-corrected chi connectivity index (χ0v) is 9.44. The van der Waals surface area contributed by atoms with Gasteiger partial charge in [0.15, 0.2) is 0 Å². The number of thioether (sulfide) groups is 1. The molecule has 1 N–H and O–H groups in total. The Morgan fingerprint density at radius 2 is 2.40 bits per heavy atom. The highest BCUT2D eigenvalue weighted by Crippen LogP contribution is 2.23. The van der Waals surface area contributed by atoms with Crippen LogP contribution >= 0.6 is 23.1 Å². The van der Waals surface area contributed by atoms with E-state index in [4.69, 9.17) is 5.11 Å². The van der Waals surface area contributed by atoms with Crippen molar-refractivity contribution in [2.24, 2.45) is 0 Å². The van der Waals surface area contributed by atoms with Crippen molar-refractivity contribution in [3.63, 3.8) is 0 Å². The van der Waals surface area contributed by atoms with Crippen molar-refractivity contribution in [2.45, 2.75) is 6.54 Å². The molecule has 4 nitrogen and oxygen atoms in total. The van der Waals surface area contributed by atoms with E-state index in [0.717, 1.165) is 11.3 Å². The van der Waals surface area contributed by atoms with E-state index in [-0.39, 0.29) is 5.24 Å². The van der Waals surface area contributed by atoms with Gasteiger partial charge in [0.25, 0.3) is 5.24 Å². The first kappa shape index (κ1) is 10.5. The van der Waals surface area contributed by atoms with Crippen LogP contribution in [0, 0.1) is 0 Å². The molecule has 2 heterocycles. The standard InChI is InChI=1S/C9H9NO3S2/c11-8(12)7-6(1-3-14-7)5-10-2-4-15-9(10)13/h1,3H,2,4-5H2,(H,11,12). The first-order chi connectivity index (χ1) is 7.18. The molecule has 0 unspecified atom stereocenters. The predicted molar refractivity (Wildman–Crippen MR) is 59.5 cm³/mol. The fourth-order valence-electron chi connectivity index (χ4n) is 1.42. The zero-order chi connectivity index (χ0) is 10.8. The van der Waals surface area contributed by atoms with E-state index < -0.39 is 5.97 Å².